The van der Waals surface area contributed by atoms with Gasteiger partial charge in [0.2, 0.25) is 0 Å². The third kappa shape index (κ3) is 2.42. The van der Waals surface area contributed by atoms with E-state index >= 15 is 0 Å². The summed E-state index contributed by atoms with van der Waals surface area (Å²) in [5, 5.41) is 10.0. The summed E-state index contributed by atoms with van der Waals surface area (Å²) >= 11 is 0. The van der Waals surface area contributed by atoms with Crippen molar-refractivity contribution in [3.05, 3.63) is 0 Å². The number of hydrogen-bond acceptors (Lipinski definition) is 4. The van der Waals surface area contributed by atoms with Crippen molar-refractivity contribution < 1.29 is 13.5 Å². The molecule has 1 rings (SSSR count). The van der Waals surface area contributed by atoms with Gasteiger partial charge in [0.05, 0.1) is 17.1 Å². The SMILES string of the molecule is CC(CN)C1(O)CCCS(=O)(=O)C1. The first-order chi connectivity index (χ1) is 5.90. The summed E-state index contributed by atoms with van der Waals surface area (Å²) in [7, 11) is -3.05. The van der Waals surface area contributed by atoms with E-state index in [0.29, 0.717) is 19.4 Å². The first kappa shape index (κ1) is 10.9. The summed E-state index contributed by atoms with van der Waals surface area (Å²) in [4.78, 5) is 0. The molecule has 1 saturated heterocycles. The molecule has 13 heavy (non-hydrogen) atoms. The van der Waals surface area contributed by atoms with E-state index in [4.69, 9.17) is 5.73 Å². The maximum Gasteiger partial charge on any atom is 0.153 e. The maximum atomic E-state index is 11.3. The van der Waals surface area contributed by atoms with Gasteiger partial charge in [-0.05, 0) is 25.3 Å². The lowest BCUT2D eigenvalue weighted by atomic mass is 9.86. The molecule has 0 aromatic heterocycles. The Morgan fingerprint density at radius 3 is 2.69 bits per heavy atom. The van der Waals surface area contributed by atoms with Crippen LogP contribution in [0.5, 0.6) is 0 Å². The van der Waals surface area contributed by atoms with Gasteiger partial charge in [-0.3, -0.25) is 0 Å². The zero-order chi connectivity index (χ0) is 10.1. The first-order valence-electron chi connectivity index (χ1n) is 4.52. The molecule has 0 saturated carbocycles. The molecule has 0 aliphatic carbocycles. The molecule has 1 fully saturated rings. The average Bonchev–Trinajstić information content (AvgIpc) is 2.00. The molecule has 0 radical (unpaired) electrons. The number of sulfone groups is 1. The minimum absolute atomic E-state index is 0.127. The van der Waals surface area contributed by atoms with Crippen molar-refractivity contribution in [1.82, 2.24) is 0 Å². The Morgan fingerprint density at radius 2 is 2.23 bits per heavy atom. The van der Waals surface area contributed by atoms with Crippen LogP contribution < -0.4 is 5.73 Å². The van der Waals surface area contributed by atoms with Crippen LogP contribution in [-0.4, -0.2) is 37.2 Å². The predicted molar refractivity (Wildman–Crippen MR) is 51.1 cm³/mol. The van der Waals surface area contributed by atoms with Crippen LogP contribution in [0.25, 0.3) is 0 Å². The van der Waals surface area contributed by atoms with Gasteiger partial charge in [-0.25, -0.2) is 8.42 Å². The molecule has 0 spiro atoms. The summed E-state index contributed by atoms with van der Waals surface area (Å²) in [5.41, 5.74) is 4.33. The van der Waals surface area contributed by atoms with Crippen molar-refractivity contribution in [1.29, 1.82) is 0 Å². The Hall–Kier alpha value is -0.130. The van der Waals surface area contributed by atoms with E-state index < -0.39 is 15.4 Å². The van der Waals surface area contributed by atoms with E-state index in [1.54, 1.807) is 6.92 Å². The van der Waals surface area contributed by atoms with Crippen LogP contribution in [0.1, 0.15) is 19.8 Å². The Labute approximate surface area is 79.0 Å². The van der Waals surface area contributed by atoms with Gasteiger partial charge in [0.25, 0.3) is 0 Å². The number of rotatable bonds is 2. The monoisotopic (exact) mass is 207 g/mol. The predicted octanol–water partition coefficient (Wildman–Crippen LogP) is -0.479. The highest BCUT2D eigenvalue weighted by Crippen LogP contribution is 2.29. The molecule has 2 atom stereocenters. The summed E-state index contributed by atoms with van der Waals surface area (Å²) < 4.78 is 22.6. The molecule has 0 aromatic carbocycles. The third-order valence-electron chi connectivity index (χ3n) is 2.81. The van der Waals surface area contributed by atoms with E-state index in [1.807, 2.05) is 0 Å². The fourth-order valence-corrected chi connectivity index (χ4v) is 3.65. The molecule has 1 heterocycles. The maximum absolute atomic E-state index is 11.3. The van der Waals surface area contributed by atoms with E-state index in [1.165, 1.54) is 0 Å². The number of aliphatic hydroxyl groups is 1. The Kier molecular flexibility index (Phi) is 2.99. The standard InChI is InChI=1S/C8H17NO3S/c1-7(5-9)8(10)3-2-4-13(11,12)6-8/h7,10H,2-6,9H2,1H3. The van der Waals surface area contributed by atoms with Crippen molar-refractivity contribution in [3.63, 3.8) is 0 Å². The molecule has 1 aliphatic rings. The first-order valence-corrected chi connectivity index (χ1v) is 6.35. The molecule has 0 aromatic rings. The van der Waals surface area contributed by atoms with E-state index in [2.05, 4.69) is 0 Å². The summed E-state index contributed by atoms with van der Waals surface area (Å²) in [6, 6.07) is 0. The van der Waals surface area contributed by atoms with Crippen LogP contribution in [0.3, 0.4) is 0 Å². The van der Waals surface area contributed by atoms with Crippen molar-refractivity contribution in [2.24, 2.45) is 11.7 Å². The van der Waals surface area contributed by atoms with Crippen LogP contribution in [0, 0.1) is 5.92 Å². The highest BCUT2D eigenvalue weighted by Gasteiger charge is 2.40. The van der Waals surface area contributed by atoms with Gasteiger partial charge in [0.1, 0.15) is 0 Å². The van der Waals surface area contributed by atoms with Crippen molar-refractivity contribution in [2.45, 2.75) is 25.4 Å². The molecule has 78 valence electrons. The van der Waals surface area contributed by atoms with Crippen LogP contribution in [0.2, 0.25) is 0 Å². The van der Waals surface area contributed by atoms with Gasteiger partial charge < -0.3 is 10.8 Å². The lowest BCUT2D eigenvalue weighted by Gasteiger charge is -2.36. The second-order valence-electron chi connectivity index (χ2n) is 3.94. The van der Waals surface area contributed by atoms with Gasteiger partial charge in [-0.15, -0.1) is 0 Å². The van der Waals surface area contributed by atoms with Crippen LogP contribution in [-0.2, 0) is 9.84 Å². The minimum atomic E-state index is -3.05. The van der Waals surface area contributed by atoms with Crippen LogP contribution in [0.4, 0.5) is 0 Å². The second-order valence-corrected chi connectivity index (χ2v) is 6.12. The quantitative estimate of drug-likeness (QED) is 0.641. The fourth-order valence-electron chi connectivity index (χ4n) is 1.73. The lowest BCUT2D eigenvalue weighted by Crippen LogP contribution is -2.49. The highest BCUT2D eigenvalue weighted by molar-refractivity contribution is 7.91. The van der Waals surface area contributed by atoms with Crippen molar-refractivity contribution in [3.8, 4) is 0 Å². The fraction of sp³-hybridized carbons (Fsp3) is 1.00. The molecule has 5 heteroatoms. The topological polar surface area (TPSA) is 80.4 Å². The normalized spacial score (nSPS) is 35.6. The molecule has 1 aliphatic heterocycles. The van der Waals surface area contributed by atoms with Gasteiger partial charge >= 0.3 is 0 Å². The lowest BCUT2D eigenvalue weighted by molar-refractivity contribution is 0.00137. The van der Waals surface area contributed by atoms with Crippen molar-refractivity contribution in [2.75, 3.05) is 18.1 Å². The Bertz CT molecular complexity index is 275. The molecular weight excluding hydrogens is 190 g/mol. The van der Waals surface area contributed by atoms with Gasteiger partial charge in [0, 0.05) is 0 Å². The third-order valence-corrected chi connectivity index (χ3v) is 4.66. The smallest absolute Gasteiger partial charge is 0.153 e. The van der Waals surface area contributed by atoms with E-state index in [-0.39, 0.29) is 17.4 Å². The average molecular weight is 207 g/mol. The molecule has 4 nitrogen and oxygen atoms in total. The van der Waals surface area contributed by atoms with Crippen molar-refractivity contribution >= 4 is 9.84 Å². The van der Waals surface area contributed by atoms with Crippen LogP contribution in [0.15, 0.2) is 0 Å². The molecule has 0 amide bonds. The van der Waals surface area contributed by atoms with E-state index in [0.717, 1.165) is 0 Å². The Balaban J connectivity index is 2.80. The largest absolute Gasteiger partial charge is 0.389 e. The minimum Gasteiger partial charge on any atom is -0.389 e. The zero-order valence-corrected chi connectivity index (χ0v) is 8.68. The molecule has 3 N–H and O–H groups in total. The molecule has 0 bridgehead atoms. The van der Waals surface area contributed by atoms with Gasteiger partial charge in [-0.2, -0.15) is 0 Å². The highest BCUT2D eigenvalue weighted by atomic mass is 32.2. The number of hydrogen-bond donors (Lipinski definition) is 2. The summed E-state index contributed by atoms with van der Waals surface area (Å²) in [6.07, 6.45) is 1.09. The summed E-state index contributed by atoms with van der Waals surface area (Å²) in [5.74, 6) is -0.0760. The van der Waals surface area contributed by atoms with Crippen LogP contribution >= 0.6 is 0 Å². The Morgan fingerprint density at radius 1 is 1.62 bits per heavy atom. The zero-order valence-electron chi connectivity index (χ0n) is 7.86. The van der Waals surface area contributed by atoms with E-state index in [9.17, 15) is 13.5 Å². The summed E-state index contributed by atoms with van der Waals surface area (Å²) in [6.45, 7) is 2.12. The van der Waals surface area contributed by atoms with Gasteiger partial charge in [-0.1, -0.05) is 6.92 Å². The molecule has 2 unspecified atom stereocenters. The molecular formula is C8H17NO3S. The second kappa shape index (κ2) is 3.55. The van der Waals surface area contributed by atoms with Gasteiger partial charge in [0.15, 0.2) is 9.84 Å². The number of nitrogens with two attached hydrogens (primary N) is 1.